The third kappa shape index (κ3) is 8.11. The van der Waals surface area contributed by atoms with Gasteiger partial charge in [0, 0.05) is 19.0 Å². The Kier molecular flexibility index (Phi) is 11.8. The highest BCUT2D eigenvalue weighted by Crippen LogP contribution is 2.36. The molecule has 3 saturated heterocycles. The number of hydrogen-bond donors (Lipinski definition) is 0. The average Bonchev–Trinajstić information content (AvgIpc) is 2.94. The number of ketones is 1. The molecule has 3 aliphatic heterocycles. The second kappa shape index (κ2) is 14.8. The van der Waals surface area contributed by atoms with Crippen molar-refractivity contribution in [2.45, 2.75) is 105 Å². The lowest BCUT2D eigenvalue weighted by atomic mass is 9.74. The van der Waals surface area contributed by atoms with Gasteiger partial charge in [-0.2, -0.15) is 5.10 Å². The number of fused-ring (bicyclic) bond motifs is 3. The van der Waals surface area contributed by atoms with Crippen LogP contribution in [0, 0.1) is 17.8 Å². The smallest absolute Gasteiger partial charge is 0.180 e. The largest absolute Gasteiger partial charge is 0.490 e. The van der Waals surface area contributed by atoms with E-state index in [9.17, 15) is 4.79 Å². The van der Waals surface area contributed by atoms with E-state index in [4.69, 9.17) is 4.74 Å². The van der Waals surface area contributed by atoms with Gasteiger partial charge in [-0.3, -0.25) is 4.79 Å². The molecule has 0 N–H and O–H groups in total. The Morgan fingerprint density at radius 3 is 2.24 bits per heavy atom. The number of unbranched alkanes of at least 4 members (excludes halogenated alkanes) is 1. The van der Waals surface area contributed by atoms with Crippen molar-refractivity contribution in [2.75, 3.05) is 19.6 Å². The summed E-state index contributed by atoms with van der Waals surface area (Å²) in [6.45, 7) is 12.6. The molecule has 1 aromatic carbocycles. The summed E-state index contributed by atoms with van der Waals surface area (Å²) in [5.41, 5.74) is 3.44. The van der Waals surface area contributed by atoms with E-state index in [1.807, 2.05) is 18.2 Å². The first kappa shape index (κ1) is 30.3. The predicted octanol–water partition coefficient (Wildman–Crippen LogP) is 8.02. The maximum atomic E-state index is 11.7. The maximum absolute atomic E-state index is 11.7. The van der Waals surface area contributed by atoms with Crippen LogP contribution in [0.15, 0.2) is 30.3 Å². The molecule has 5 nitrogen and oxygen atoms in total. The van der Waals surface area contributed by atoms with Crippen molar-refractivity contribution in [2.24, 2.45) is 17.8 Å². The fourth-order valence-electron chi connectivity index (χ4n) is 6.22. The second-order valence-electron chi connectivity index (χ2n) is 11.7. The lowest BCUT2D eigenvalue weighted by Crippen LogP contribution is -2.48. The number of piperidine rings is 3. The highest BCUT2D eigenvalue weighted by Gasteiger charge is 2.35. The number of rotatable bonds is 8. The van der Waals surface area contributed by atoms with E-state index in [-0.39, 0.29) is 13.2 Å². The molecule has 4 heterocycles. The Morgan fingerprint density at radius 2 is 1.71 bits per heavy atom. The van der Waals surface area contributed by atoms with Crippen molar-refractivity contribution in [3.63, 3.8) is 0 Å². The van der Waals surface area contributed by atoms with Crippen LogP contribution in [0.2, 0.25) is 0 Å². The van der Waals surface area contributed by atoms with Gasteiger partial charge in [0.1, 0.15) is 11.4 Å². The third-order valence-electron chi connectivity index (χ3n) is 8.58. The van der Waals surface area contributed by atoms with Gasteiger partial charge in [-0.25, -0.2) is 0 Å². The zero-order valence-corrected chi connectivity index (χ0v) is 23.5. The molecule has 1 atom stereocenters. The van der Waals surface area contributed by atoms with Crippen LogP contribution in [0.5, 0.6) is 5.75 Å². The number of Topliss-reactive ketones (excluding diaryl/α,β-unsaturated/α-hetero) is 1. The van der Waals surface area contributed by atoms with Crippen LogP contribution in [0.3, 0.4) is 0 Å². The van der Waals surface area contributed by atoms with Crippen LogP contribution in [-0.4, -0.2) is 46.6 Å². The van der Waals surface area contributed by atoms with Crippen molar-refractivity contribution < 1.29 is 9.53 Å². The van der Waals surface area contributed by atoms with Crippen molar-refractivity contribution in [1.29, 1.82) is 0 Å². The molecule has 2 aromatic rings. The van der Waals surface area contributed by atoms with Gasteiger partial charge in [0.2, 0.25) is 0 Å². The number of carbonyl (C=O) groups is 1. The quantitative estimate of drug-likeness (QED) is 0.329. The van der Waals surface area contributed by atoms with Crippen LogP contribution in [0.4, 0.5) is 0 Å². The van der Waals surface area contributed by atoms with E-state index in [0.717, 1.165) is 72.4 Å². The number of benzene rings is 1. The van der Waals surface area contributed by atoms with Gasteiger partial charge in [-0.1, -0.05) is 53.2 Å². The number of aryl methyl sites for hydroxylation is 1. The molecule has 5 heteroatoms. The molecule has 1 unspecified atom stereocenters. The van der Waals surface area contributed by atoms with Crippen LogP contribution in [0.25, 0.3) is 11.1 Å². The highest BCUT2D eigenvalue weighted by molar-refractivity contribution is 5.93. The molecule has 0 spiro atoms. The Hall–Kier alpha value is -2.27. The number of hydrogen-bond acceptors (Lipinski definition) is 5. The highest BCUT2D eigenvalue weighted by atomic mass is 16.5. The van der Waals surface area contributed by atoms with Gasteiger partial charge >= 0.3 is 0 Å². The first-order valence-corrected chi connectivity index (χ1v) is 14.8. The standard InChI is InChI=1S/C22H28N2O2.C10H19N.CH4/c1-3-4-10-21-20(15-22(16(2)25)24-23-21)17-11-13-19(14-12-17)26-18-8-6-5-7-9-18;1-8(2)10-7-11-5-3-9(10)4-6-11;/h11-15,18H,3-10H2,1-2H3;8-10H,3-7H2,1-2H3;1H4. The Bertz CT molecular complexity index is 990. The molecule has 1 aliphatic carbocycles. The fraction of sp³-hybridized carbons (Fsp3) is 0.667. The Balaban J connectivity index is 0.000000278. The number of nitrogens with zero attached hydrogens (tertiary/aromatic N) is 3. The molecule has 6 rings (SSSR count). The van der Waals surface area contributed by atoms with Gasteiger partial charge in [0.15, 0.2) is 5.78 Å². The molecule has 2 bridgehead atoms. The molecule has 0 amide bonds. The van der Waals surface area contributed by atoms with E-state index in [2.05, 4.69) is 48.0 Å². The average molecular weight is 522 g/mol. The minimum Gasteiger partial charge on any atom is -0.490 e. The number of aromatic nitrogens is 2. The molecular formula is C33H51N3O2. The third-order valence-corrected chi connectivity index (χ3v) is 8.58. The molecular weight excluding hydrogens is 470 g/mol. The topological polar surface area (TPSA) is 55.3 Å². The predicted molar refractivity (Wildman–Crippen MR) is 158 cm³/mol. The zero-order valence-electron chi connectivity index (χ0n) is 23.5. The minimum absolute atomic E-state index is 0. The number of carbonyl (C=O) groups excluding carboxylic acids is 1. The van der Waals surface area contributed by atoms with Crippen molar-refractivity contribution in [3.8, 4) is 16.9 Å². The van der Waals surface area contributed by atoms with Gasteiger partial charge in [-0.05, 0) is 106 Å². The lowest BCUT2D eigenvalue weighted by Gasteiger charge is -2.46. The molecule has 1 aromatic heterocycles. The molecule has 1 saturated carbocycles. The van der Waals surface area contributed by atoms with E-state index in [1.165, 1.54) is 58.7 Å². The van der Waals surface area contributed by atoms with Crippen LogP contribution in [0.1, 0.15) is 109 Å². The summed E-state index contributed by atoms with van der Waals surface area (Å²) in [4.78, 5) is 14.4. The fourth-order valence-corrected chi connectivity index (χ4v) is 6.22. The summed E-state index contributed by atoms with van der Waals surface area (Å²) in [5.74, 6) is 3.85. The molecule has 0 radical (unpaired) electrons. The molecule has 4 aliphatic rings. The monoisotopic (exact) mass is 521 g/mol. The van der Waals surface area contributed by atoms with Gasteiger partial charge < -0.3 is 9.64 Å². The summed E-state index contributed by atoms with van der Waals surface area (Å²) < 4.78 is 6.12. The summed E-state index contributed by atoms with van der Waals surface area (Å²) >= 11 is 0. The first-order chi connectivity index (χ1) is 17.9. The van der Waals surface area contributed by atoms with Crippen molar-refractivity contribution in [3.05, 3.63) is 41.7 Å². The second-order valence-corrected chi connectivity index (χ2v) is 11.7. The lowest BCUT2D eigenvalue weighted by molar-refractivity contribution is 0.0277. The van der Waals surface area contributed by atoms with Crippen LogP contribution < -0.4 is 4.74 Å². The summed E-state index contributed by atoms with van der Waals surface area (Å²) in [7, 11) is 0. The van der Waals surface area contributed by atoms with Crippen LogP contribution >= 0.6 is 0 Å². The normalized spacial score (nSPS) is 22.8. The Labute approximate surface area is 231 Å². The first-order valence-electron chi connectivity index (χ1n) is 14.8. The van der Waals surface area contributed by atoms with Gasteiger partial charge in [0.05, 0.1) is 11.8 Å². The van der Waals surface area contributed by atoms with Crippen LogP contribution in [-0.2, 0) is 6.42 Å². The van der Waals surface area contributed by atoms with Crippen molar-refractivity contribution >= 4 is 5.78 Å². The van der Waals surface area contributed by atoms with E-state index < -0.39 is 0 Å². The van der Waals surface area contributed by atoms with Gasteiger partial charge in [-0.15, -0.1) is 5.10 Å². The molecule has 4 fully saturated rings. The van der Waals surface area contributed by atoms with Gasteiger partial charge in [0.25, 0.3) is 0 Å². The summed E-state index contributed by atoms with van der Waals surface area (Å²) in [6.07, 6.45) is 12.5. The summed E-state index contributed by atoms with van der Waals surface area (Å²) in [6, 6.07) is 10.1. The SMILES string of the molecule is C.CC(C)C1CN2CCC1CC2.CCCCc1nnc(C(C)=O)cc1-c1ccc(OC2CCCCC2)cc1. The molecule has 38 heavy (non-hydrogen) atoms. The van der Waals surface area contributed by atoms with E-state index in [0.29, 0.717) is 11.8 Å². The molecule has 210 valence electrons. The van der Waals surface area contributed by atoms with E-state index in [1.54, 1.807) is 0 Å². The van der Waals surface area contributed by atoms with E-state index >= 15 is 0 Å². The zero-order chi connectivity index (χ0) is 26.2. The number of ether oxygens (including phenoxy) is 1. The summed E-state index contributed by atoms with van der Waals surface area (Å²) in [5, 5.41) is 8.42. The maximum Gasteiger partial charge on any atom is 0.180 e. The Morgan fingerprint density at radius 1 is 1.03 bits per heavy atom. The van der Waals surface area contributed by atoms with Crippen molar-refractivity contribution in [1.82, 2.24) is 15.1 Å². The minimum atomic E-state index is -0.0574.